The number of aromatic amines is 4. The van der Waals surface area contributed by atoms with Crippen LogP contribution in [0.25, 0.3) is 110 Å². The van der Waals surface area contributed by atoms with Gasteiger partial charge in [-0.3, -0.25) is 39.6 Å². The van der Waals surface area contributed by atoms with E-state index in [-0.39, 0.29) is 46.9 Å². The van der Waals surface area contributed by atoms with Gasteiger partial charge in [-0.25, -0.2) is 17.6 Å². The highest BCUT2D eigenvalue weighted by atomic mass is 19.1. The van der Waals surface area contributed by atoms with Gasteiger partial charge in [-0.05, 0) is 333 Å². The molecule has 0 unspecified atom stereocenters. The molecule has 12 heterocycles. The van der Waals surface area contributed by atoms with Gasteiger partial charge in [-0.15, -0.1) is 0 Å². The predicted molar refractivity (Wildman–Crippen MR) is 502 cm³/mol. The Bertz CT molecular complexity index is 6520. The standard InChI is InChI=1S/C28H30FN3O3.3C26H26FN3O3/c29-21-5-7-22(8-6-21)32-26-14-20-16-30-31-25(20)15-23(26)24(27(32)18-9-11-35-12-10-18)13-17-1-3-19(4-2-17)28(33)34;3*27-19-1-3-20(4-2-19)30-24-12-18-14-28-29-23(18)13-21(24)22(11-15-9-17(10-15)26(31)32)25(30)16-5-7-33-8-6-16/h5-8,14-19H,1-4,9-13H2,(H,30,31)(H,33,34);3*1-4,12-17H,5-11H2,(H,28,29)(H,31,32). The number of carbonyl (C=O) groups is 4. The fourth-order valence-electron chi connectivity index (χ4n) is 23.2. The molecule has 24 nitrogen and oxygen atoms in total. The molecular weight excluding hydrogens is 1710 g/mol. The lowest BCUT2D eigenvalue weighted by Gasteiger charge is -2.33. The van der Waals surface area contributed by atoms with E-state index in [0.29, 0.717) is 47.3 Å². The zero-order chi connectivity index (χ0) is 91.5. The number of nitrogens with zero attached hydrogens (tertiary/aromatic N) is 8. The van der Waals surface area contributed by atoms with Crippen LogP contribution in [0, 0.1) is 70.6 Å². The van der Waals surface area contributed by atoms with Crippen LogP contribution >= 0.6 is 0 Å². The SMILES string of the molecule is O=C(O)C1CC(Cc2c(C3CCOCC3)n(-c3ccc(F)cc3)c3cc4cn[nH]c4cc23)C1.O=C(O)C1CC(Cc2c(C3CCOCC3)n(-c3ccc(F)cc3)c3cc4cn[nH]c4cc23)C1.O=C(O)C1CC(Cc2c(C3CCOCC3)n(-c3ccc(F)cc3)c3cc4cn[nH]c4cc23)C1.O=C(O)C1CCC(Cc2c(C3CCOCC3)n(-c3ccc(F)cc3)c3cc4cn[nH]c4cc23)CC1. The van der Waals surface area contributed by atoms with Gasteiger partial charge in [0.25, 0.3) is 0 Å². The average molecular weight is 1820 g/mol. The van der Waals surface area contributed by atoms with Crippen LogP contribution in [0.3, 0.4) is 0 Å². The van der Waals surface area contributed by atoms with Crippen molar-refractivity contribution in [3.8, 4) is 22.7 Å². The number of aliphatic carboxylic acids is 4. The molecule has 0 bridgehead atoms. The molecule has 4 aliphatic carbocycles. The number of hydrogen-bond acceptors (Lipinski definition) is 12. The van der Waals surface area contributed by atoms with Gasteiger partial charge in [0.1, 0.15) is 23.3 Å². The van der Waals surface area contributed by atoms with Crippen LogP contribution in [0.4, 0.5) is 17.6 Å². The molecule has 0 radical (unpaired) electrons. The van der Waals surface area contributed by atoms with Crippen molar-refractivity contribution < 1.29 is 76.1 Å². The van der Waals surface area contributed by atoms with Gasteiger partial charge in [0.15, 0.2) is 0 Å². The second kappa shape index (κ2) is 37.6. The largest absolute Gasteiger partial charge is 0.481 e. The molecule has 8 fully saturated rings. The molecule has 8 aliphatic rings. The van der Waals surface area contributed by atoms with Crippen molar-refractivity contribution in [2.75, 3.05) is 52.9 Å². The fourth-order valence-corrected chi connectivity index (χ4v) is 23.2. The Morgan fingerprint density at radius 1 is 0.291 bits per heavy atom. The highest BCUT2D eigenvalue weighted by Crippen LogP contribution is 2.51. The molecule has 4 saturated carbocycles. The van der Waals surface area contributed by atoms with Crippen molar-refractivity contribution in [3.63, 3.8) is 0 Å². The predicted octanol–water partition coefficient (Wildman–Crippen LogP) is 21.6. The Kier molecular flexibility index (Phi) is 24.7. The monoisotopic (exact) mass is 1820 g/mol. The molecule has 16 aromatic rings. The second-order valence-corrected chi connectivity index (χ2v) is 38.5. The van der Waals surface area contributed by atoms with Gasteiger partial charge >= 0.3 is 23.9 Å². The Balaban J connectivity index is 0.000000107. The van der Waals surface area contributed by atoms with Crippen LogP contribution in [0.1, 0.15) is 184 Å². The first-order valence-electron chi connectivity index (χ1n) is 47.6. The highest BCUT2D eigenvalue weighted by molar-refractivity contribution is 6.03. The summed E-state index contributed by atoms with van der Waals surface area (Å²) >= 11 is 0. The smallest absolute Gasteiger partial charge is 0.306 e. The van der Waals surface area contributed by atoms with E-state index in [1.807, 2.05) is 73.3 Å². The Hall–Kier alpha value is -12.8. The summed E-state index contributed by atoms with van der Waals surface area (Å²) in [6.07, 6.45) is 26.0. The third kappa shape index (κ3) is 17.4. The van der Waals surface area contributed by atoms with Gasteiger partial charge in [0.2, 0.25) is 0 Å². The maximum atomic E-state index is 13.9. The maximum Gasteiger partial charge on any atom is 0.306 e. The van der Waals surface area contributed by atoms with Crippen LogP contribution in [-0.2, 0) is 63.8 Å². The van der Waals surface area contributed by atoms with E-state index < -0.39 is 23.9 Å². The maximum absolute atomic E-state index is 13.9. The van der Waals surface area contributed by atoms with Gasteiger partial charge in [-0.1, -0.05) is 0 Å². The number of halogens is 4. The number of nitrogens with one attached hydrogen (secondary N) is 4. The number of carboxylic acids is 4. The molecular formula is C106H108F4N12O12. The minimum Gasteiger partial charge on any atom is -0.481 e. The van der Waals surface area contributed by atoms with Crippen LogP contribution in [0.2, 0.25) is 0 Å². The normalized spacial score (nSPS) is 21.5. The van der Waals surface area contributed by atoms with Gasteiger partial charge in [0.05, 0.1) is 92.6 Å². The van der Waals surface area contributed by atoms with Gasteiger partial charge in [0, 0.05) is 165 Å². The fraction of sp³-hybridized carbons (Fsp3) is 0.396. The number of carboxylic acid groups (broad SMARTS) is 4. The lowest BCUT2D eigenvalue weighted by molar-refractivity contribution is -0.147. The molecule has 0 spiro atoms. The number of rotatable bonds is 20. The van der Waals surface area contributed by atoms with Crippen LogP contribution in [0.5, 0.6) is 0 Å². The van der Waals surface area contributed by atoms with E-state index >= 15 is 0 Å². The third-order valence-electron chi connectivity index (χ3n) is 30.4. The molecule has 0 amide bonds. The summed E-state index contributed by atoms with van der Waals surface area (Å²) in [6.45, 7) is 5.84. The molecule has 4 aliphatic heterocycles. The van der Waals surface area contributed by atoms with Gasteiger partial charge < -0.3 is 57.6 Å². The van der Waals surface area contributed by atoms with Crippen LogP contribution in [-0.4, -0.2) is 156 Å². The number of fused-ring (bicyclic) bond motifs is 8. The summed E-state index contributed by atoms with van der Waals surface area (Å²) in [7, 11) is 0. The van der Waals surface area contributed by atoms with E-state index in [4.69, 9.17) is 18.9 Å². The van der Waals surface area contributed by atoms with Crippen molar-refractivity contribution in [1.29, 1.82) is 0 Å². The minimum atomic E-state index is -0.691. The highest BCUT2D eigenvalue weighted by Gasteiger charge is 2.42. The quantitative estimate of drug-likeness (QED) is 0.0329. The molecule has 134 heavy (non-hydrogen) atoms. The first kappa shape index (κ1) is 87.9. The molecule has 24 rings (SSSR count). The van der Waals surface area contributed by atoms with Crippen molar-refractivity contribution in [2.45, 2.75) is 165 Å². The number of ether oxygens (including phenoxy) is 4. The number of hydrogen-bond donors (Lipinski definition) is 8. The number of aromatic nitrogens is 12. The number of benzene rings is 8. The van der Waals surface area contributed by atoms with Crippen LogP contribution < -0.4 is 0 Å². The molecule has 28 heteroatoms. The van der Waals surface area contributed by atoms with Crippen molar-refractivity contribution >= 4 is 111 Å². The lowest BCUT2D eigenvalue weighted by Crippen LogP contribution is -2.31. The Labute approximate surface area is 768 Å². The summed E-state index contributed by atoms with van der Waals surface area (Å²) in [5, 5.41) is 75.6. The molecule has 8 N–H and O–H groups in total. The minimum absolute atomic E-state index is 0.216. The van der Waals surface area contributed by atoms with Crippen molar-refractivity contribution in [3.05, 3.63) is 239 Å². The zero-order valence-electron chi connectivity index (χ0n) is 74.5. The first-order valence-corrected chi connectivity index (χ1v) is 47.6. The molecule has 4 saturated heterocycles. The van der Waals surface area contributed by atoms with Gasteiger partial charge in [-0.2, -0.15) is 20.4 Å². The van der Waals surface area contributed by atoms with Crippen molar-refractivity contribution in [1.82, 2.24) is 59.1 Å². The summed E-state index contributed by atoms with van der Waals surface area (Å²) in [5.41, 5.74) is 22.4. The average Bonchev–Trinajstić information content (AvgIpc) is 1.59. The molecule has 692 valence electrons. The second-order valence-electron chi connectivity index (χ2n) is 38.5. The van der Waals surface area contributed by atoms with E-state index in [2.05, 4.69) is 108 Å². The Morgan fingerprint density at radius 3 is 0.724 bits per heavy atom. The van der Waals surface area contributed by atoms with Crippen LogP contribution in [0.15, 0.2) is 170 Å². The summed E-state index contributed by atoms with van der Waals surface area (Å²) < 4.78 is 87.1. The Morgan fingerprint density at radius 2 is 0.507 bits per heavy atom. The van der Waals surface area contributed by atoms with E-state index in [0.717, 1.165) is 299 Å². The molecule has 8 aromatic carbocycles. The summed E-state index contributed by atoms with van der Waals surface area (Å²) in [6, 6.07) is 44.2. The van der Waals surface area contributed by atoms with Crippen molar-refractivity contribution in [2.24, 2.45) is 47.3 Å². The summed E-state index contributed by atoms with van der Waals surface area (Å²) in [5.74, 6) is -1.79. The van der Waals surface area contributed by atoms with E-state index in [1.54, 1.807) is 0 Å². The van der Waals surface area contributed by atoms with E-state index in [9.17, 15) is 57.2 Å². The lowest BCUT2D eigenvalue weighted by atomic mass is 9.71. The summed E-state index contributed by atoms with van der Waals surface area (Å²) in [4.78, 5) is 45.6. The van der Waals surface area contributed by atoms with E-state index in [1.165, 1.54) is 98.9 Å². The number of H-pyrrole nitrogens is 4. The molecule has 8 aromatic heterocycles. The molecule has 0 atom stereocenters. The zero-order valence-corrected chi connectivity index (χ0v) is 74.5. The third-order valence-corrected chi connectivity index (χ3v) is 30.4. The first-order chi connectivity index (χ1) is 65.3. The topological polar surface area (TPSA) is 321 Å².